The molecule has 0 atom stereocenters. The van der Waals surface area contributed by atoms with Crippen molar-refractivity contribution in [3.8, 4) is 5.75 Å². The van der Waals surface area contributed by atoms with Crippen LogP contribution in [-0.2, 0) is 0 Å². The molecular weight excluding hydrogens is 244 g/mol. The Labute approximate surface area is 119 Å². The van der Waals surface area contributed by atoms with E-state index in [9.17, 15) is 0 Å². The Bertz CT molecular complexity index is 593. The second-order valence-electron chi connectivity index (χ2n) is 4.56. The average Bonchev–Trinajstić information content (AvgIpc) is 2.55. The van der Waals surface area contributed by atoms with Crippen LogP contribution in [0.15, 0.2) is 84.9 Å². The molecule has 3 aromatic rings. The van der Waals surface area contributed by atoms with E-state index < -0.39 is 0 Å². The van der Waals surface area contributed by atoms with Crippen molar-refractivity contribution in [1.82, 2.24) is 0 Å². The summed E-state index contributed by atoms with van der Waals surface area (Å²) in [6.45, 7) is 0. The van der Waals surface area contributed by atoms with Crippen LogP contribution in [0.4, 0.5) is 0 Å². The summed E-state index contributed by atoms with van der Waals surface area (Å²) in [4.78, 5) is 0. The summed E-state index contributed by atoms with van der Waals surface area (Å²) < 4.78 is 6.16. The van der Waals surface area contributed by atoms with Gasteiger partial charge in [0.2, 0.25) is 0 Å². The molecule has 0 aliphatic rings. The lowest BCUT2D eigenvalue weighted by molar-refractivity contribution is 0.247. The highest BCUT2D eigenvalue weighted by Crippen LogP contribution is 2.27. The molecule has 0 amide bonds. The highest BCUT2D eigenvalue weighted by Gasteiger charge is 2.15. The molecule has 0 bridgehead atoms. The van der Waals surface area contributed by atoms with Crippen molar-refractivity contribution >= 4 is 0 Å². The van der Waals surface area contributed by atoms with E-state index in [1.54, 1.807) is 0 Å². The van der Waals surface area contributed by atoms with Crippen molar-refractivity contribution in [3.05, 3.63) is 102 Å². The lowest BCUT2D eigenvalue weighted by Crippen LogP contribution is -2.09. The number of ether oxygens (including phenoxy) is 1. The highest BCUT2D eigenvalue weighted by molar-refractivity contribution is 5.32. The minimum Gasteiger partial charge on any atom is -0.481 e. The maximum Gasteiger partial charge on any atom is 0.149 e. The summed E-state index contributed by atoms with van der Waals surface area (Å²) >= 11 is 0. The molecule has 0 fully saturated rings. The summed E-state index contributed by atoms with van der Waals surface area (Å²) in [5.41, 5.74) is 2.28. The summed E-state index contributed by atoms with van der Waals surface area (Å²) in [6, 6.07) is 31.2. The Morgan fingerprint density at radius 2 is 1.30 bits per heavy atom. The van der Waals surface area contributed by atoms with Crippen LogP contribution in [0.2, 0.25) is 0 Å². The maximum absolute atomic E-state index is 6.16. The third kappa shape index (κ3) is 2.89. The van der Waals surface area contributed by atoms with E-state index in [0.717, 1.165) is 16.9 Å². The third-order valence-corrected chi connectivity index (χ3v) is 3.14. The molecule has 3 rings (SSSR count). The van der Waals surface area contributed by atoms with Gasteiger partial charge >= 0.3 is 0 Å². The average molecular weight is 259 g/mol. The van der Waals surface area contributed by atoms with E-state index in [0.29, 0.717) is 0 Å². The van der Waals surface area contributed by atoms with Crippen LogP contribution in [0.3, 0.4) is 0 Å². The molecule has 1 heteroatoms. The molecule has 3 aromatic carbocycles. The molecular formula is C19H15O. The number of benzene rings is 3. The van der Waals surface area contributed by atoms with Gasteiger partial charge in [0.25, 0.3) is 0 Å². The molecule has 0 aliphatic heterocycles. The quantitative estimate of drug-likeness (QED) is 0.662. The van der Waals surface area contributed by atoms with E-state index in [2.05, 4.69) is 30.3 Å². The zero-order valence-electron chi connectivity index (χ0n) is 11.1. The topological polar surface area (TPSA) is 9.23 Å². The standard InChI is InChI=1S/C19H15O/c1-4-10-16(11-5-1)19(17-12-6-2-7-13-17)20-18-14-8-3-9-15-18/h1-8,10-15,19H. The summed E-state index contributed by atoms with van der Waals surface area (Å²) in [7, 11) is 0. The van der Waals surface area contributed by atoms with Gasteiger partial charge in [-0.25, -0.2) is 0 Å². The van der Waals surface area contributed by atoms with E-state index >= 15 is 0 Å². The Balaban J connectivity index is 1.96. The first-order valence-electron chi connectivity index (χ1n) is 6.66. The highest BCUT2D eigenvalue weighted by atomic mass is 16.5. The van der Waals surface area contributed by atoms with E-state index in [1.165, 1.54) is 0 Å². The van der Waals surface area contributed by atoms with Gasteiger partial charge in [0, 0.05) is 0 Å². The van der Waals surface area contributed by atoms with E-state index in [4.69, 9.17) is 4.74 Å². The van der Waals surface area contributed by atoms with Crippen LogP contribution in [-0.4, -0.2) is 0 Å². The van der Waals surface area contributed by atoms with Gasteiger partial charge < -0.3 is 4.74 Å². The number of hydrogen-bond donors (Lipinski definition) is 0. The zero-order valence-corrected chi connectivity index (χ0v) is 11.1. The van der Waals surface area contributed by atoms with Gasteiger partial charge in [-0.05, 0) is 29.3 Å². The third-order valence-electron chi connectivity index (χ3n) is 3.14. The van der Waals surface area contributed by atoms with Crippen molar-refractivity contribution < 1.29 is 4.74 Å². The van der Waals surface area contributed by atoms with Gasteiger partial charge in [-0.1, -0.05) is 72.8 Å². The fourth-order valence-corrected chi connectivity index (χ4v) is 2.17. The van der Waals surface area contributed by atoms with Gasteiger partial charge in [-0.15, -0.1) is 0 Å². The minimum atomic E-state index is -0.104. The summed E-state index contributed by atoms with van der Waals surface area (Å²) in [6.07, 6.45) is -0.104. The molecule has 0 unspecified atom stereocenters. The maximum atomic E-state index is 6.16. The molecule has 20 heavy (non-hydrogen) atoms. The minimum absolute atomic E-state index is 0.104. The first-order valence-corrected chi connectivity index (χ1v) is 6.66. The monoisotopic (exact) mass is 259 g/mol. The Hall–Kier alpha value is -2.54. The molecule has 0 aromatic heterocycles. The number of rotatable bonds is 4. The van der Waals surface area contributed by atoms with Crippen LogP contribution >= 0.6 is 0 Å². The van der Waals surface area contributed by atoms with Crippen molar-refractivity contribution in [2.24, 2.45) is 0 Å². The van der Waals surface area contributed by atoms with Gasteiger partial charge in [-0.3, -0.25) is 0 Å². The molecule has 0 aliphatic carbocycles. The molecule has 0 saturated heterocycles. The van der Waals surface area contributed by atoms with Gasteiger partial charge in [0.05, 0.1) is 0 Å². The van der Waals surface area contributed by atoms with E-state index in [1.807, 2.05) is 60.7 Å². The smallest absolute Gasteiger partial charge is 0.149 e. The zero-order chi connectivity index (χ0) is 13.6. The molecule has 0 heterocycles. The van der Waals surface area contributed by atoms with Crippen molar-refractivity contribution in [3.63, 3.8) is 0 Å². The van der Waals surface area contributed by atoms with E-state index in [-0.39, 0.29) is 6.10 Å². The lowest BCUT2D eigenvalue weighted by Gasteiger charge is -2.20. The van der Waals surface area contributed by atoms with Crippen molar-refractivity contribution in [2.45, 2.75) is 6.10 Å². The van der Waals surface area contributed by atoms with Crippen molar-refractivity contribution in [2.75, 3.05) is 0 Å². The second-order valence-corrected chi connectivity index (χ2v) is 4.56. The SMILES string of the molecule is [c]1cccc(OC(c2ccccc2)c2ccccc2)c1. The molecule has 1 radical (unpaired) electrons. The van der Waals surface area contributed by atoms with Crippen LogP contribution in [0, 0.1) is 6.07 Å². The molecule has 0 N–H and O–H groups in total. The number of hydrogen-bond acceptors (Lipinski definition) is 1. The van der Waals surface area contributed by atoms with Gasteiger partial charge in [-0.2, -0.15) is 0 Å². The first kappa shape index (κ1) is 12.5. The largest absolute Gasteiger partial charge is 0.481 e. The molecule has 0 spiro atoms. The van der Waals surface area contributed by atoms with Crippen LogP contribution in [0.25, 0.3) is 0 Å². The fourth-order valence-electron chi connectivity index (χ4n) is 2.17. The normalized spacial score (nSPS) is 10.4. The Morgan fingerprint density at radius 1 is 0.700 bits per heavy atom. The predicted molar refractivity (Wildman–Crippen MR) is 80.6 cm³/mol. The second kappa shape index (κ2) is 6.07. The lowest BCUT2D eigenvalue weighted by atomic mass is 10.0. The van der Waals surface area contributed by atoms with Crippen LogP contribution < -0.4 is 4.74 Å². The van der Waals surface area contributed by atoms with Crippen LogP contribution in [0.1, 0.15) is 17.2 Å². The molecule has 97 valence electrons. The summed E-state index contributed by atoms with van der Waals surface area (Å²) in [5.74, 6) is 0.824. The Morgan fingerprint density at radius 3 is 1.80 bits per heavy atom. The molecule has 0 saturated carbocycles. The molecule has 1 nitrogen and oxygen atoms in total. The summed E-state index contributed by atoms with van der Waals surface area (Å²) in [5, 5.41) is 0. The first-order chi connectivity index (χ1) is 9.93. The van der Waals surface area contributed by atoms with Gasteiger partial charge in [0.15, 0.2) is 0 Å². The predicted octanol–water partition coefficient (Wildman–Crippen LogP) is 4.66. The van der Waals surface area contributed by atoms with Gasteiger partial charge in [0.1, 0.15) is 11.9 Å². The van der Waals surface area contributed by atoms with Crippen LogP contribution in [0.5, 0.6) is 5.75 Å². The Kier molecular flexibility index (Phi) is 3.79. The van der Waals surface area contributed by atoms with Crippen molar-refractivity contribution in [1.29, 1.82) is 0 Å². The fraction of sp³-hybridized carbons (Fsp3) is 0.0526.